The summed E-state index contributed by atoms with van der Waals surface area (Å²) in [6.45, 7) is 8.83. The van der Waals surface area contributed by atoms with Gasteiger partial charge < -0.3 is 14.5 Å². The second-order valence-corrected chi connectivity index (χ2v) is 11.8. The number of hydrogen-bond acceptors (Lipinski definition) is 6. The van der Waals surface area contributed by atoms with Gasteiger partial charge in [-0.05, 0) is 70.4 Å². The molecule has 10 heteroatoms. The second kappa shape index (κ2) is 9.22. The van der Waals surface area contributed by atoms with Crippen LogP contribution in [0.2, 0.25) is 0 Å². The minimum absolute atomic E-state index is 0.216. The van der Waals surface area contributed by atoms with Crippen LogP contribution in [0.15, 0.2) is 23.0 Å². The number of aromatic nitrogens is 2. The number of nitrogens with zero attached hydrogens (tertiary/aromatic N) is 4. The molecule has 1 aromatic carbocycles. The lowest BCUT2D eigenvalue weighted by molar-refractivity contribution is -0.135. The van der Waals surface area contributed by atoms with Crippen molar-refractivity contribution in [3.8, 4) is 0 Å². The number of hydrogen-bond donors (Lipinski definition) is 1. The van der Waals surface area contributed by atoms with Gasteiger partial charge in [-0.1, -0.05) is 6.07 Å². The summed E-state index contributed by atoms with van der Waals surface area (Å²) in [5, 5.41) is 2.37. The summed E-state index contributed by atoms with van der Waals surface area (Å²) in [6, 6.07) is 5.16. The zero-order chi connectivity index (χ0) is 26.5. The van der Waals surface area contributed by atoms with Gasteiger partial charge in [0.25, 0.3) is 0 Å². The van der Waals surface area contributed by atoms with Crippen molar-refractivity contribution in [2.45, 2.75) is 70.9 Å². The third-order valence-electron chi connectivity index (χ3n) is 8.24. The standard InChI is InChI=1S/C27H37N5O5/c1-26(2,3)37-25(36)31-16-12-27(13-17-31)10-14-30(15-11-27)18-6-5-7-19-22(18)29(4)24(35)32(19)20-8-9-21(33)28-23(20)34/h5-7,20H,8-17H2,1-4H3,(H,28,33,34). The van der Waals surface area contributed by atoms with E-state index in [0.717, 1.165) is 50.0 Å². The van der Waals surface area contributed by atoms with E-state index in [1.54, 1.807) is 16.2 Å². The molecular formula is C27H37N5O5. The molecule has 0 aliphatic carbocycles. The molecule has 200 valence electrons. The molecule has 1 aromatic heterocycles. The van der Waals surface area contributed by atoms with Crippen LogP contribution in [0.4, 0.5) is 10.5 Å². The molecule has 1 spiro atoms. The Bertz CT molecular complexity index is 1280. The van der Waals surface area contributed by atoms with E-state index in [2.05, 4.69) is 10.2 Å². The van der Waals surface area contributed by atoms with E-state index in [0.29, 0.717) is 25.0 Å². The van der Waals surface area contributed by atoms with Gasteiger partial charge in [0, 0.05) is 39.6 Å². The smallest absolute Gasteiger partial charge is 0.410 e. The number of benzene rings is 1. The summed E-state index contributed by atoms with van der Waals surface area (Å²) in [6.07, 6.45) is 4.29. The summed E-state index contributed by atoms with van der Waals surface area (Å²) >= 11 is 0. The quantitative estimate of drug-likeness (QED) is 0.622. The molecule has 1 atom stereocenters. The molecule has 5 rings (SSSR count). The summed E-state index contributed by atoms with van der Waals surface area (Å²) in [5.41, 5.74) is 1.99. The zero-order valence-corrected chi connectivity index (χ0v) is 22.2. The highest BCUT2D eigenvalue weighted by Crippen LogP contribution is 2.43. The molecule has 3 amide bonds. The van der Waals surface area contributed by atoms with Crippen molar-refractivity contribution < 1.29 is 19.1 Å². The van der Waals surface area contributed by atoms with Gasteiger partial charge in [-0.15, -0.1) is 0 Å². The van der Waals surface area contributed by atoms with Gasteiger partial charge in [0.2, 0.25) is 11.8 Å². The van der Waals surface area contributed by atoms with Crippen LogP contribution in [0.1, 0.15) is 65.3 Å². The van der Waals surface area contributed by atoms with Crippen LogP contribution in [0.5, 0.6) is 0 Å². The van der Waals surface area contributed by atoms with E-state index in [9.17, 15) is 19.2 Å². The summed E-state index contributed by atoms with van der Waals surface area (Å²) in [5.74, 6) is -0.719. The lowest BCUT2D eigenvalue weighted by Gasteiger charge is -2.47. The largest absolute Gasteiger partial charge is 0.444 e. The summed E-state index contributed by atoms with van der Waals surface area (Å²) in [4.78, 5) is 54.1. The van der Waals surface area contributed by atoms with Crippen LogP contribution in [0.3, 0.4) is 0 Å². The molecule has 0 saturated carbocycles. The fraction of sp³-hybridized carbons (Fsp3) is 0.630. The summed E-state index contributed by atoms with van der Waals surface area (Å²) in [7, 11) is 1.74. The monoisotopic (exact) mass is 511 g/mol. The predicted molar refractivity (Wildman–Crippen MR) is 140 cm³/mol. The molecule has 3 saturated heterocycles. The molecule has 37 heavy (non-hydrogen) atoms. The van der Waals surface area contributed by atoms with Gasteiger partial charge in [-0.25, -0.2) is 9.59 Å². The van der Waals surface area contributed by atoms with Crippen LogP contribution in [-0.2, 0) is 21.4 Å². The molecule has 1 unspecified atom stereocenters. The number of amides is 3. The Morgan fingerprint density at radius 3 is 2.30 bits per heavy atom. The number of imidazole rings is 1. The number of ether oxygens (including phenoxy) is 1. The molecular weight excluding hydrogens is 474 g/mol. The topological polar surface area (TPSA) is 106 Å². The number of imide groups is 1. The number of piperidine rings is 3. The number of carbonyl (C=O) groups is 3. The number of anilines is 1. The van der Waals surface area contributed by atoms with E-state index in [1.165, 1.54) is 0 Å². The third-order valence-corrected chi connectivity index (χ3v) is 8.24. The average Bonchev–Trinajstić information content (AvgIpc) is 3.09. The minimum Gasteiger partial charge on any atom is -0.444 e. The Labute approximate surface area is 216 Å². The first-order valence-corrected chi connectivity index (χ1v) is 13.2. The van der Waals surface area contributed by atoms with Crippen LogP contribution < -0.4 is 15.9 Å². The highest BCUT2D eigenvalue weighted by atomic mass is 16.6. The molecule has 10 nitrogen and oxygen atoms in total. The maximum atomic E-state index is 13.3. The van der Waals surface area contributed by atoms with E-state index < -0.39 is 17.6 Å². The van der Waals surface area contributed by atoms with Crippen molar-refractivity contribution in [1.29, 1.82) is 0 Å². The third kappa shape index (κ3) is 4.73. The number of likely N-dealkylation sites (tertiary alicyclic amines) is 1. The second-order valence-electron chi connectivity index (χ2n) is 11.8. The fourth-order valence-electron chi connectivity index (χ4n) is 6.11. The molecule has 0 radical (unpaired) electrons. The maximum Gasteiger partial charge on any atom is 0.410 e. The number of rotatable bonds is 2. The molecule has 0 bridgehead atoms. The minimum atomic E-state index is -0.691. The number of para-hydroxylation sites is 1. The Morgan fingerprint density at radius 1 is 1.03 bits per heavy atom. The van der Waals surface area contributed by atoms with Crippen molar-refractivity contribution >= 4 is 34.6 Å². The van der Waals surface area contributed by atoms with E-state index in [4.69, 9.17) is 4.74 Å². The molecule has 1 N–H and O–H groups in total. The van der Waals surface area contributed by atoms with E-state index in [-0.39, 0.29) is 29.5 Å². The SMILES string of the molecule is Cn1c(=O)n(C2CCC(=O)NC2=O)c2cccc(N3CCC4(CCN(C(=O)OC(C)(C)C)CC4)CC3)c21. The van der Waals surface area contributed by atoms with Crippen molar-refractivity contribution in [3.63, 3.8) is 0 Å². The number of nitrogens with one attached hydrogen (secondary N) is 1. The van der Waals surface area contributed by atoms with Crippen molar-refractivity contribution in [1.82, 2.24) is 19.4 Å². The Morgan fingerprint density at radius 2 is 1.68 bits per heavy atom. The average molecular weight is 512 g/mol. The number of fused-ring (bicyclic) bond motifs is 1. The van der Waals surface area contributed by atoms with Gasteiger partial charge in [0.1, 0.15) is 11.6 Å². The van der Waals surface area contributed by atoms with Gasteiger partial charge >= 0.3 is 11.8 Å². The molecule has 4 heterocycles. The Balaban J connectivity index is 1.32. The molecule has 2 aromatic rings. The normalized spacial score (nSPS) is 22.4. The van der Waals surface area contributed by atoms with E-state index in [1.807, 2.05) is 43.9 Å². The first-order chi connectivity index (χ1) is 17.5. The first kappa shape index (κ1) is 25.4. The Kier molecular flexibility index (Phi) is 6.32. The number of aryl methyl sites for hydroxylation is 1. The van der Waals surface area contributed by atoms with Crippen molar-refractivity contribution in [2.75, 3.05) is 31.1 Å². The number of carbonyl (C=O) groups excluding carboxylic acids is 3. The predicted octanol–water partition coefficient (Wildman–Crippen LogP) is 2.94. The van der Waals surface area contributed by atoms with Gasteiger partial charge in [0.15, 0.2) is 0 Å². The van der Waals surface area contributed by atoms with Gasteiger partial charge in [-0.2, -0.15) is 0 Å². The van der Waals surface area contributed by atoms with Crippen LogP contribution in [-0.4, -0.2) is 63.7 Å². The van der Waals surface area contributed by atoms with Gasteiger partial charge in [0.05, 0.1) is 16.7 Å². The van der Waals surface area contributed by atoms with Crippen molar-refractivity contribution in [3.05, 3.63) is 28.7 Å². The highest BCUT2D eigenvalue weighted by molar-refractivity contribution is 6.00. The van der Waals surface area contributed by atoms with Crippen LogP contribution >= 0.6 is 0 Å². The van der Waals surface area contributed by atoms with E-state index >= 15 is 0 Å². The van der Waals surface area contributed by atoms with Gasteiger partial charge in [-0.3, -0.25) is 24.0 Å². The molecule has 3 aliphatic rings. The lowest BCUT2D eigenvalue weighted by Crippen LogP contribution is -2.49. The lowest BCUT2D eigenvalue weighted by atomic mass is 9.71. The van der Waals surface area contributed by atoms with Crippen LogP contribution in [0, 0.1) is 5.41 Å². The fourth-order valence-corrected chi connectivity index (χ4v) is 6.11. The van der Waals surface area contributed by atoms with Crippen LogP contribution in [0.25, 0.3) is 11.0 Å². The highest BCUT2D eigenvalue weighted by Gasteiger charge is 2.40. The van der Waals surface area contributed by atoms with Crippen molar-refractivity contribution in [2.24, 2.45) is 12.5 Å². The zero-order valence-electron chi connectivity index (χ0n) is 22.2. The molecule has 3 aliphatic heterocycles. The summed E-state index contributed by atoms with van der Waals surface area (Å²) < 4.78 is 8.72. The Hall–Kier alpha value is -3.30. The molecule has 3 fully saturated rings. The maximum absolute atomic E-state index is 13.3. The first-order valence-electron chi connectivity index (χ1n) is 13.2.